The smallest absolute Gasteiger partial charge is 0.150 e. The number of rotatable bonds is 4. The predicted octanol–water partition coefficient (Wildman–Crippen LogP) is 4.09. The second kappa shape index (κ2) is 5.87. The Kier molecular flexibility index (Phi) is 3.77. The fraction of sp³-hybridized carbons (Fsp3) is 0.294. The average molecular weight is 269 g/mol. The van der Waals surface area contributed by atoms with Crippen molar-refractivity contribution in [3.05, 3.63) is 48.5 Å². The molecule has 20 heavy (non-hydrogen) atoms. The first-order valence-electron chi connectivity index (χ1n) is 7.03. The molecule has 0 unspecified atom stereocenters. The van der Waals surface area contributed by atoms with Crippen LogP contribution >= 0.6 is 0 Å². The second-order valence-corrected chi connectivity index (χ2v) is 4.94. The number of benzene rings is 2. The third kappa shape index (κ3) is 2.72. The van der Waals surface area contributed by atoms with Gasteiger partial charge in [0.05, 0.1) is 12.8 Å². The summed E-state index contributed by atoms with van der Waals surface area (Å²) in [4.78, 5) is 2.39. The van der Waals surface area contributed by atoms with Gasteiger partial charge in [0.2, 0.25) is 0 Å². The topological polar surface area (TPSA) is 21.7 Å². The number of hydrogen-bond acceptors (Lipinski definition) is 3. The van der Waals surface area contributed by atoms with Crippen molar-refractivity contribution in [2.24, 2.45) is 0 Å². The Balaban J connectivity index is 1.82. The van der Waals surface area contributed by atoms with Gasteiger partial charge in [-0.05, 0) is 49.2 Å². The van der Waals surface area contributed by atoms with Crippen molar-refractivity contribution in [1.82, 2.24) is 0 Å². The van der Waals surface area contributed by atoms with Gasteiger partial charge in [-0.1, -0.05) is 12.1 Å². The Bertz CT molecular complexity index is 559. The molecule has 0 aromatic heterocycles. The number of methoxy groups -OCH3 is 1. The maximum atomic E-state index is 6.02. The van der Waals surface area contributed by atoms with Crippen LogP contribution in [0.15, 0.2) is 48.5 Å². The maximum Gasteiger partial charge on any atom is 0.150 e. The van der Waals surface area contributed by atoms with E-state index >= 15 is 0 Å². The van der Waals surface area contributed by atoms with Gasteiger partial charge in [-0.3, -0.25) is 0 Å². The van der Waals surface area contributed by atoms with Gasteiger partial charge in [-0.25, -0.2) is 0 Å². The molecule has 3 rings (SSSR count). The number of para-hydroxylation sites is 2. The highest BCUT2D eigenvalue weighted by atomic mass is 16.5. The molecule has 0 aliphatic carbocycles. The lowest BCUT2D eigenvalue weighted by Gasteiger charge is -2.21. The Hall–Kier alpha value is -2.16. The Morgan fingerprint density at radius 2 is 1.50 bits per heavy atom. The third-order valence-corrected chi connectivity index (χ3v) is 3.60. The maximum absolute atomic E-state index is 6.02. The standard InChI is InChI=1S/C17H19NO2/c1-19-14-8-10-15(11-9-14)20-17-7-3-2-6-16(17)18-12-4-5-13-18/h2-3,6-11H,4-5,12-13H2,1H3. The fourth-order valence-electron chi connectivity index (χ4n) is 2.53. The molecular formula is C17H19NO2. The molecule has 0 saturated carbocycles. The van der Waals surface area contributed by atoms with Crippen LogP contribution in [-0.4, -0.2) is 20.2 Å². The normalized spacial score (nSPS) is 14.3. The van der Waals surface area contributed by atoms with Crippen molar-refractivity contribution < 1.29 is 9.47 Å². The molecule has 0 spiro atoms. The molecule has 1 aliphatic heterocycles. The van der Waals surface area contributed by atoms with E-state index in [0.717, 1.165) is 30.3 Å². The van der Waals surface area contributed by atoms with Crippen molar-refractivity contribution in [3.8, 4) is 17.2 Å². The van der Waals surface area contributed by atoms with E-state index in [9.17, 15) is 0 Å². The van der Waals surface area contributed by atoms with Crippen LogP contribution in [0.5, 0.6) is 17.2 Å². The molecule has 1 heterocycles. The van der Waals surface area contributed by atoms with Gasteiger partial charge in [0, 0.05) is 13.1 Å². The Morgan fingerprint density at radius 3 is 2.20 bits per heavy atom. The molecular weight excluding hydrogens is 250 g/mol. The van der Waals surface area contributed by atoms with E-state index in [-0.39, 0.29) is 0 Å². The summed E-state index contributed by atoms with van der Waals surface area (Å²) in [6.45, 7) is 2.23. The van der Waals surface area contributed by atoms with E-state index in [4.69, 9.17) is 9.47 Å². The molecule has 0 radical (unpaired) electrons. The van der Waals surface area contributed by atoms with Crippen LogP contribution in [-0.2, 0) is 0 Å². The van der Waals surface area contributed by atoms with Gasteiger partial charge in [0.1, 0.15) is 11.5 Å². The summed E-state index contributed by atoms with van der Waals surface area (Å²) < 4.78 is 11.2. The first-order valence-corrected chi connectivity index (χ1v) is 7.03. The van der Waals surface area contributed by atoms with Gasteiger partial charge < -0.3 is 14.4 Å². The second-order valence-electron chi connectivity index (χ2n) is 4.94. The molecule has 2 aromatic carbocycles. The van der Waals surface area contributed by atoms with Crippen LogP contribution in [0.25, 0.3) is 0 Å². The first-order chi connectivity index (χ1) is 9.86. The van der Waals surface area contributed by atoms with Crippen molar-refractivity contribution in [2.45, 2.75) is 12.8 Å². The first kappa shape index (κ1) is 12.9. The van der Waals surface area contributed by atoms with Gasteiger partial charge in [0.15, 0.2) is 5.75 Å². The largest absolute Gasteiger partial charge is 0.497 e. The van der Waals surface area contributed by atoms with Gasteiger partial charge >= 0.3 is 0 Å². The average Bonchev–Trinajstić information content (AvgIpc) is 3.03. The quantitative estimate of drug-likeness (QED) is 0.834. The van der Waals surface area contributed by atoms with Crippen LogP contribution < -0.4 is 14.4 Å². The molecule has 3 heteroatoms. The van der Waals surface area contributed by atoms with E-state index in [1.165, 1.54) is 18.5 Å². The van der Waals surface area contributed by atoms with E-state index in [1.54, 1.807) is 7.11 Å². The molecule has 2 aromatic rings. The van der Waals surface area contributed by atoms with Crippen molar-refractivity contribution in [3.63, 3.8) is 0 Å². The molecule has 1 saturated heterocycles. The Labute approximate surface area is 119 Å². The summed E-state index contributed by atoms with van der Waals surface area (Å²) in [5, 5.41) is 0. The van der Waals surface area contributed by atoms with Crippen LogP contribution in [0, 0.1) is 0 Å². The highest BCUT2D eigenvalue weighted by Gasteiger charge is 2.16. The van der Waals surface area contributed by atoms with Crippen LogP contribution in [0.3, 0.4) is 0 Å². The SMILES string of the molecule is COc1ccc(Oc2ccccc2N2CCCC2)cc1. The van der Waals surface area contributed by atoms with Crippen molar-refractivity contribution >= 4 is 5.69 Å². The van der Waals surface area contributed by atoms with E-state index in [2.05, 4.69) is 17.0 Å². The summed E-state index contributed by atoms with van der Waals surface area (Å²) in [6.07, 6.45) is 2.52. The molecule has 0 bridgehead atoms. The van der Waals surface area contributed by atoms with E-state index < -0.39 is 0 Å². The zero-order valence-corrected chi connectivity index (χ0v) is 11.7. The van der Waals surface area contributed by atoms with Gasteiger partial charge in [0.25, 0.3) is 0 Å². The van der Waals surface area contributed by atoms with Crippen molar-refractivity contribution in [2.75, 3.05) is 25.1 Å². The van der Waals surface area contributed by atoms with Crippen LogP contribution in [0.4, 0.5) is 5.69 Å². The lowest BCUT2D eigenvalue weighted by atomic mass is 10.2. The van der Waals surface area contributed by atoms with E-state index in [0.29, 0.717) is 0 Å². The number of anilines is 1. The van der Waals surface area contributed by atoms with Crippen LogP contribution in [0.1, 0.15) is 12.8 Å². The van der Waals surface area contributed by atoms with E-state index in [1.807, 2.05) is 36.4 Å². The molecule has 1 fully saturated rings. The summed E-state index contributed by atoms with van der Waals surface area (Å²) in [5.41, 5.74) is 1.18. The minimum Gasteiger partial charge on any atom is -0.497 e. The zero-order chi connectivity index (χ0) is 13.8. The Morgan fingerprint density at radius 1 is 0.850 bits per heavy atom. The molecule has 1 aliphatic rings. The number of ether oxygens (including phenoxy) is 2. The van der Waals surface area contributed by atoms with Crippen LogP contribution in [0.2, 0.25) is 0 Å². The lowest BCUT2D eigenvalue weighted by molar-refractivity contribution is 0.413. The minimum atomic E-state index is 0.831. The molecule has 0 atom stereocenters. The zero-order valence-electron chi connectivity index (χ0n) is 11.7. The summed E-state index contributed by atoms with van der Waals surface area (Å²) >= 11 is 0. The third-order valence-electron chi connectivity index (χ3n) is 3.60. The molecule has 0 N–H and O–H groups in total. The summed E-state index contributed by atoms with van der Waals surface area (Å²) in [7, 11) is 1.67. The fourth-order valence-corrected chi connectivity index (χ4v) is 2.53. The summed E-state index contributed by atoms with van der Waals surface area (Å²) in [5.74, 6) is 2.59. The molecule has 104 valence electrons. The number of nitrogens with zero attached hydrogens (tertiary/aromatic N) is 1. The van der Waals surface area contributed by atoms with Gasteiger partial charge in [-0.2, -0.15) is 0 Å². The predicted molar refractivity (Wildman–Crippen MR) is 81.0 cm³/mol. The molecule has 3 nitrogen and oxygen atoms in total. The highest BCUT2D eigenvalue weighted by molar-refractivity contribution is 5.60. The minimum absolute atomic E-state index is 0.831. The summed E-state index contributed by atoms with van der Waals surface area (Å²) in [6, 6.07) is 15.9. The number of hydrogen-bond donors (Lipinski definition) is 0. The highest BCUT2D eigenvalue weighted by Crippen LogP contribution is 2.34. The molecule has 0 amide bonds. The lowest BCUT2D eigenvalue weighted by Crippen LogP contribution is -2.18. The monoisotopic (exact) mass is 269 g/mol. The van der Waals surface area contributed by atoms with Gasteiger partial charge in [-0.15, -0.1) is 0 Å². The van der Waals surface area contributed by atoms with Crippen molar-refractivity contribution in [1.29, 1.82) is 0 Å².